The fourth-order valence-electron chi connectivity index (χ4n) is 3.72. The van der Waals surface area contributed by atoms with Crippen molar-refractivity contribution in [1.82, 2.24) is 4.90 Å². The van der Waals surface area contributed by atoms with Gasteiger partial charge in [-0.15, -0.1) is 11.3 Å². The van der Waals surface area contributed by atoms with E-state index in [2.05, 4.69) is 5.32 Å². The molecule has 0 unspecified atom stereocenters. The van der Waals surface area contributed by atoms with Crippen LogP contribution in [0, 0.1) is 0 Å². The van der Waals surface area contributed by atoms with Crippen molar-refractivity contribution < 1.29 is 9.59 Å². The summed E-state index contributed by atoms with van der Waals surface area (Å²) < 4.78 is 0. The molecule has 0 aliphatic carbocycles. The molecule has 146 valence electrons. The van der Waals surface area contributed by atoms with E-state index in [1.54, 1.807) is 0 Å². The van der Waals surface area contributed by atoms with Crippen LogP contribution >= 0.6 is 11.3 Å². The first-order valence-corrected chi connectivity index (χ1v) is 10.5. The third-order valence-electron chi connectivity index (χ3n) is 5.17. The van der Waals surface area contributed by atoms with Gasteiger partial charge in [0.15, 0.2) is 0 Å². The number of nitrogens with zero attached hydrogens (tertiary/aromatic N) is 1. The zero-order chi connectivity index (χ0) is 20.5. The lowest BCUT2D eigenvalue weighted by atomic mass is 10.1. The number of rotatable bonds is 5. The lowest BCUT2D eigenvalue weighted by molar-refractivity contribution is -0.137. The van der Waals surface area contributed by atoms with Gasteiger partial charge in [0.25, 0.3) is 11.8 Å². The molecule has 0 saturated heterocycles. The maximum absolute atomic E-state index is 13.4. The Bertz CT molecular complexity index is 1270. The van der Waals surface area contributed by atoms with Gasteiger partial charge in [0.05, 0.1) is 12.1 Å². The van der Waals surface area contributed by atoms with E-state index >= 15 is 0 Å². The molecule has 1 N–H and O–H groups in total. The average Bonchev–Trinajstić information content (AvgIpc) is 3.38. The van der Waals surface area contributed by atoms with Gasteiger partial charge in [0.2, 0.25) is 0 Å². The second-order valence-electron chi connectivity index (χ2n) is 7.06. The number of hydrogen-bond acceptors (Lipinski definition) is 4. The van der Waals surface area contributed by atoms with Crippen molar-refractivity contribution in [3.05, 3.63) is 106 Å². The SMILES string of the molecule is O=C1C(Nc2cccc3ccccc23)=C(c2cccs2)C(=O)N1Cc1ccccc1. The summed E-state index contributed by atoms with van der Waals surface area (Å²) in [7, 11) is 0. The Kier molecular flexibility index (Phi) is 4.65. The Morgan fingerprint density at radius 1 is 0.767 bits per heavy atom. The highest BCUT2D eigenvalue weighted by atomic mass is 32.1. The molecule has 2 heterocycles. The van der Waals surface area contributed by atoms with E-state index in [0.29, 0.717) is 11.3 Å². The van der Waals surface area contributed by atoms with Crippen molar-refractivity contribution >= 4 is 45.2 Å². The zero-order valence-electron chi connectivity index (χ0n) is 16.0. The summed E-state index contributed by atoms with van der Waals surface area (Å²) in [4.78, 5) is 28.8. The van der Waals surface area contributed by atoms with E-state index in [9.17, 15) is 9.59 Å². The minimum atomic E-state index is -0.305. The predicted octanol–water partition coefficient (Wildman–Crippen LogP) is 5.29. The second kappa shape index (κ2) is 7.61. The molecule has 0 fully saturated rings. The van der Waals surface area contributed by atoms with Gasteiger partial charge in [-0.25, -0.2) is 0 Å². The molecule has 5 rings (SSSR count). The largest absolute Gasteiger partial charge is 0.350 e. The standard InChI is InChI=1S/C25H18N2O2S/c28-24-22(21-14-7-15-30-21)23(25(29)27(24)16-17-8-2-1-3-9-17)26-20-13-6-11-18-10-4-5-12-19(18)20/h1-15,26H,16H2. The molecule has 0 spiro atoms. The van der Waals surface area contributed by atoms with Crippen LogP contribution < -0.4 is 5.32 Å². The van der Waals surface area contributed by atoms with E-state index in [4.69, 9.17) is 0 Å². The van der Waals surface area contributed by atoms with Crippen LogP contribution in [0.5, 0.6) is 0 Å². The van der Waals surface area contributed by atoms with Crippen LogP contribution in [0.25, 0.3) is 16.3 Å². The van der Waals surface area contributed by atoms with Gasteiger partial charge in [-0.1, -0.05) is 72.8 Å². The number of nitrogens with one attached hydrogen (secondary N) is 1. The number of fused-ring (bicyclic) bond motifs is 1. The quantitative estimate of drug-likeness (QED) is 0.455. The summed E-state index contributed by atoms with van der Waals surface area (Å²) in [6.45, 7) is 0.244. The third-order valence-corrected chi connectivity index (χ3v) is 6.06. The highest BCUT2D eigenvalue weighted by Gasteiger charge is 2.39. The van der Waals surface area contributed by atoms with Crippen LogP contribution in [0.1, 0.15) is 10.4 Å². The number of anilines is 1. The molecular weight excluding hydrogens is 392 g/mol. The Labute approximate surface area is 178 Å². The lowest BCUT2D eigenvalue weighted by Crippen LogP contribution is -2.31. The summed E-state index contributed by atoms with van der Waals surface area (Å²) in [6, 6.07) is 27.2. The summed E-state index contributed by atoms with van der Waals surface area (Å²) in [6.07, 6.45) is 0. The van der Waals surface area contributed by atoms with Crippen LogP contribution in [0.2, 0.25) is 0 Å². The number of carbonyl (C=O) groups is 2. The molecule has 4 aromatic rings. The van der Waals surface area contributed by atoms with Crippen LogP contribution in [0.15, 0.2) is 96.0 Å². The van der Waals surface area contributed by atoms with E-state index in [0.717, 1.165) is 26.9 Å². The number of thiophene rings is 1. The fraction of sp³-hybridized carbons (Fsp3) is 0.0400. The van der Waals surface area contributed by atoms with Crippen LogP contribution in [-0.2, 0) is 16.1 Å². The molecule has 0 radical (unpaired) electrons. The first-order valence-electron chi connectivity index (χ1n) is 9.65. The molecule has 1 aliphatic heterocycles. The van der Waals surface area contributed by atoms with Crippen LogP contribution in [0.3, 0.4) is 0 Å². The molecule has 0 saturated carbocycles. The van der Waals surface area contributed by atoms with Crippen LogP contribution in [0.4, 0.5) is 5.69 Å². The van der Waals surface area contributed by atoms with E-state index < -0.39 is 0 Å². The number of hydrogen-bond donors (Lipinski definition) is 1. The van der Waals surface area contributed by atoms with E-state index in [1.165, 1.54) is 16.2 Å². The van der Waals surface area contributed by atoms with Crippen molar-refractivity contribution in [1.29, 1.82) is 0 Å². The average molecular weight is 410 g/mol. The van der Waals surface area contributed by atoms with Crippen molar-refractivity contribution in [2.75, 3.05) is 5.32 Å². The van der Waals surface area contributed by atoms with Crippen molar-refractivity contribution in [2.45, 2.75) is 6.54 Å². The van der Waals surface area contributed by atoms with Gasteiger partial charge in [0.1, 0.15) is 5.70 Å². The first kappa shape index (κ1) is 18.3. The molecule has 3 aromatic carbocycles. The molecule has 4 nitrogen and oxygen atoms in total. The van der Waals surface area contributed by atoms with Crippen molar-refractivity contribution in [3.63, 3.8) is 0 Å². The molecule has 1 aromatic heterocycles. The summed E-state index contributed by atoms with van der Waals surface area (Å²) >= 11 is 1.45. The highest BCUT2D eigenvalue weighted by Crippen LogP contribution is 2.35. The van der Waals surface area contributed by atoms with E-state index in [-0.39, 0.29) is 18.4 Å². The normalized spacial score (nSPS) is 14.1. The maximum Gasteiger partial charge on any atom is 0.278 e. The fourth-order valence-corrected chi connectivity index (χ4v) is 4.49. The molecule has 0 atom stereocenters. The molecule has 2 amide bonds. The Balaban J connectivity index is 1.57. The topological polar surface area (TPSA) is 49.4 Å². The monoisotopic (exact) mass is 410 g/mol. The van der Waals surface area contributed by atoms with Gasteiger partial charge < -0.3 is 5.32 Å². The number of imide groups is 1. The van der Waals surface area contributed by atoms with Crippen molar-refractivity contribution in [3.8, 4) is 0 Å². The van der Waals surface area contributed by atoms with Crippen molar-refractivity contribution in [2.24, 2.45) is 0 Å². The minimum Gasteiger partial charge on any atom is -0.350 e. The first-order chi connectivity index (χ1) is 14.7. The van der Waals surface area contributed by atoms with Gasteiger partial charge in [-0.05, 0) is 28.5 Å². The zero-order valence-corrected chi connectivity index (χ0v) is 16.9. The maximum atomic E-state index is 13.4. The third kappa shape index (κ3) is 3.19. The Morgan fingerprint density at radius 3 is 2.33 bits per heavy atom. The predicted molar refractivity (Wildman–Crippen MR) is 121 cm³/mol. The lowest BCUT2D eigenvalue weighted by Gasteiger charge is -2.15. The molecule has 1 aliphatic rings. The van der Waals surface area contributed by atoms with Gasteiger partial charge >= 0.3 is 0 Å². The Hall–Kier alpha value is -3.70. The molecule has 30 heavy (non-hydrogen) atoms. The van der Waals surface area contributed by atoms with Gasteiger partial charge in [0, 0.05) is 16.0 Å². The number of benzene rings is 3. The van der Waals surface area contributed by atoms with Gasteiger partial charge in [-0.2, -0.15) is 0 Å². The number of carbonyl (C=O) groups excluding carboxylic acids is 2. The summed E-state index contributed by atoms with van der Waals surface area (Å²) in [5.74, 6) is -0.575. The van der Waals surface area contributed by atoms with Crippen LogP contribution in [-0.4, -0.2) is 16.7 Å². The minimum absolute atomic E-state index is 0.244. The van der Waals surface area contributed by atoms with Gasteiger partial charge in [-0.3, -0.25) is 14.5 Å². The summed E-state index contributed by atoms with van der Waals surface area (Å²) in [5, 5.41) is 7.27. The Morgan fingerprint density at radius 2 is 1.53 bits per heavy atom. The number of amides is 2. The second-order valence-corrected chi connectivity index (χ2v) is 8.01. The molecule has 5 heteroatoms. The molecule has 0 bridgehead atoms. The highest BCUT2D eigenvalue weighted by molar-refractivity contribution is 7.11. The molecular formula is C25H18N2O2S. The smallest absolute Gasteiger partial charge is 0.278 e. The van der Waals surface area contributed by atoms with E-state index in [1.807, 2.05) is 90.3 Å². The summed E-state index contributed by atoms with van der Waals surface area (Å²) in [5.41, 5.74) is 2.48.